The molecule has 102 valence electrons. The van der Waals surface area contributed by atoms with Crippen LogP contribution in [0.5, 0.6) is 0 Å². The van der Waals surface area contributed by atoms with Crippen molar-refractivity contribution in [2.75, 3.05) is 7.05 Å². The van der Waals surface area contributed by atoms with Gasteiger partial charge in [0.1, 0.15) is 11.6 Å². The second kappa shape index (κ2) is 5.97. The Morgan fingerprint density at radius 2 is 2.11 bits per heavy atom. The van der Waals surface area contributed by atoms with Crippen molar-refractivity contribution >= 4 is 0 Å². The number of nitrogens with zero attached hydrogens (tertiary/aromatic N) is 3. The van der Waals surface area contributed by atoms with Crippen molar-refractivity contribution < 1.29 is 0 Å². The Hall–Kier alpha value is -1.68. The number of hydrogen-bond acceptors (Lipinski definition) is 3. The Balaban J connectivity index is 2.49. The van der Waals surface area contributed by atoms with E-state index >= 15 is 0 Å². The zero-order valence-corrected chi connectivity index (χ0v) is 12.1. The highest BCUT2D eigenvalue weighted by atomic mass is 15.1. The molecule has 0 atom stereocenters. The van der Waals surface area contributed by atoms with E-state index < -0.39 is 0 Å². The van der Waals surface area contributed by atoms with Crippen LogP contribution in [-0.4, -0.2) is 21.6 Å². The molecule has 0 radical (unpaired) electrons. The molecule has 2 heterocycles. The van der Waals surface area contributed by atoms with Gasteiger partial charge in [-0.2, -0.15) is 0 Å². The van der Waals surface area contributed by atoms with Crippen molar-refractivity contribution in [1.29, 1.82) is 0 Å². The minimum absolute atomic E-state index is 0.421. The SMILES string of the molecule is CCc1nccn1-c1cc(CNC)cc(C(C)C)n1. The molecule has 4 nitrogen and oxygen atoms in total. The number of aryl methyl sites for hydroxylation is 1. The van der Waals surface area contributed by atoms with Crippen LogP contribution in [0.2, 0.25) is 0 Å². The highest BCUT2D eigenvalue weighted by molar-refractivity contribution is 5.33. The molecule has 0 unspecified atom stereocenters. The lowest BCUT2D eigenvalue weighted by Crippen LogP contribution is -2.10. The molecule has 1 N–H and O–H groups in total. The first-order valence-corrected chi connectivity index (χ1v) is 6.83. The molecular formula is C15H22N4. The highest BCUT2D eigenvalue weighted by Gasteiger charge is 2.09. The summed E-state index contributed by atoms with van der Waals surface area (Å²) in [7, 11) is 1.96. The van der Waals surface area contributed by atoms with E-state index in [4.69, 9.17) is 4.98 Å². The Morgan fingerprint density at radius 1 is 1.32 bits per heavy atom. The van der Waals surface area contributed by atoms with Gasteiger partial charge < -0.3 is 5.32 Å². The molecule has 0 spiro atoms. The third-order valence-corrected chi connectivity index (χ3v) is 3.14. The molecular weight excluding hydrogens is 236 g/mol. The van der Waals surface area contributed by atoms with Gasteiger partial charge in [-0.3, -0.25) is 4.57 Å². The maximum Gasteiger partial charge on any atom is 0.138 e. The van der Waals surface area contributed by atoms with Gasteiger partial charge in [0.05, 0.1) is 0 Å². The zero-order chi connectivity index (χ0) is 13.8. The lowest BCUT2D eigenvalue weighted by molar-refractivity contribution is 0.770. The Morgan fingerprint density at radius 3 is 2.74 bits per heavy atom. The molecule has 0 aliphatic carbocycles. The standard InChI is InChI=1S/C15H22N4/c1-5-14-17-6-7-19(14)15-9-12(10-16-4)8-13(18-15)11(2)3/h6-9,11,16H,5,10H2,1-4H3. The molecule has 0 bridgehead atoms. The van der Waals surface area contributed by atoms with Crippen LogP contribution in [0.4, 0.5) is 0 Å². The fourth-order valence-corrected chi connectivity index (χ4v) is 2.12. The van der Waals surface area contributed by atoms with Crippen molar-refractivity contribution in [3.05, 3.63) is 41.6 Å². The van der Waals surface area contributed by atoms with E-state index in [2.05, 4.69) is 47.8 Å². The number of pyridine rings is 1. The summed E-state index contributed by atoms with van der Waals surface area (Å²) >= 11 is 0. The zero-order valence-electron chi connectivity index (χ0n) is 12.1. The van der Waals surface area contributed by atoms with Gasteiger partial charge in [-0.15, -0.1) is 0 Å². The van der Waals surface area contributed by atoms with Crippen LogP contribution in [0.1, 0.15) is 43.8 Å². The molecule has 19 heavy (non-hydrogen) atoms. The van der Waals surface area contributed by atoms with E-state index in [0.717, 1.165) is 30.3 Å². The molecule has 0 aromatic carbocycles. The smallest absolute Gasteiger partial charge is 0.138 e. The maximum atomic E-state index is 4.76. The van der Waals surface area contributed by atoms with Crippen LogP contribution in [0, 0.1) is 0 Å². The predicted molar refractivity (Wildman–Crippen MR) is 77.6 cm³/mol. The van der Waals surface area contributed by atoms with Gasteiger partial charge in [0.2, 0.25) is 0 Å². The predicted octanol–water partition coefficient (Wildman–Crippen LogP) is 2.67. The second-order valence-electron chi connectivity index (χ2n) is 5.01. The first-order valence-electron chi connectivity index (χ1n) is 6.83. The highest BCUT2D eigenvalue weighted by Crippen LogP contribution is 2.18. The van der Waals surface area contributed by atoms with Gasteiger partial charge in [0.25, 0.3) is 0 Å². The van der Waals surface area contributed by atoms with E-state index in [-0.39, 0.29) is 0 Å². The summed E-state index contributed by atoms with van der Waals surface area (Å²) in [6.45, 7) is 7.30. The van der Waals surface area contributed by atoms with Crippen molar-refractivity contribution in [3.63, 3.8) is 0 Å². The van der Waals surface area contributed by atoms with E-state index in [1.54, 1.807) is 0 Å². The molecule has 0 saturated carbocycles. The molecule has 0 fully saturated rings. The van der Waals surface area contributed by atoms with Crippen LogP contribution in [0.3, 0.4) is 0 Å². The monoisotopic (exact) mass is 258 g/mol. The molecule has 2 aromatic rings. The van der Waals surface area contributed by atoms with Gasteiger partial charge in [-0.25, -0.2) is 9.97 Å². The summed E-state index contributed by atoms with van der Waals surface area (Å²) in [4.78, 5) is 9.13. The van der Waals surface area contributed by atoms with Gasteiger partial charge >= 0.3 is 0 Å². The van der Waals surface area contributed by atoms with Crippen molar-refractivity contribution in [1.82, 2.24) is 19.9 Å². The fourth-order valence-electron chi connectivity index (χ4n) is 2.12. The van der Waals surface area contributed by atoms with Crippen molar-refractivity contribution in [3.8, 4) is 5.82 Å². The van der Waals surface area contributed by atoms with E-state index in [9.17, 15) is 0 Å². The molecule has 0 amide bonds. The number of hydrogen-bond donors (Lipinski definition) is 1. The van der Waals surface area contributed by atoms with Crippen LogP contribution in [0.15, 0.2) is 24.5 Å². The average Bonchev–Trinajstić information content (AvgIpc) is 2.87. The van der Waals surface area contributed by atoms with E-state index in [1.165, 1.54) is 5.56 Å². The molecule has 0 aliphatic heterocycles. The largest absolute Gasteiger partial charge is 0.316 e. The Kier molecular flexibility index (Phi) is 4.32. The first kappa shape index (κ1) is 13.7. The van der Waals surface area contributed by atoms with Crippen LogP contribution >= 0.6 is 0 Å². The van der Waals surface area contributed by atoms with Gasteiger partial charge in [0.15, 0.2) is 0 Å². The molecule has 4 heteroatoms. The average molecular weight is 258 g/mol. The quantitative estimate of drug-likeness (QED) is 0.896. The minimum Gasteiger partial charge on any atom is -0.316 e. The first-order chi connectivity index (χ1) is 9.15. The fraction of sp³-hybridized carbons (Fsp3) is 0.467. The van der Waals surface area contributed by atoms with Gasteiger partial charge in [-0.1, -0.05) is 20.8 Å². The summed E-state index contributed by atoms with van der Waals surface area (Å²) in [6.07, 6.45) is 4.72. The molecule has 2 rings (SSSR count). The van der Waals surface area contributed by atoms with Gasteiger partial charge in [0, 0.05) is 31.1 Å². The normalized spacial score (nSPS) is 11.2. The Bertz CT molecular complexity index is 543. The lowest BCUT2D eigenvalue weighted by Gasteiger charge is -2.13. The number of imidazole rings is 1. The summed E-state index contributed by atoms with van der Waals surface area (Å²) in [5.41, 5.74) is 2.38. The van der Waals surface area contributed by atoms with Crippen molar-refractivity contribution in [2.24, 2.45) is 0 Å². The van der Waals surface area contributed by atoms with Crippen LogP contribution < -0.4 is 5.32 Å². The van der Waals surface area contributed by atoms with E-state index in [0.29, 0.717) is 5.92 Å². The van der Waals surface area contributed by atoms with Crippen LogP contribution in [-0.2, 0) is 13.0 Å². The minimum atomic E-state index is 0.421. The third-order valence-electron chi connectivity index (χ3n) is 3.14. The van der Waals surface area contributed by atoms with Crippen molar-refractivity contribution in [2.45, 2.75) is 39.7 Å². The number of nitrogens with one attached hydrogen (secondary N) is 1. The Labute approximate surface area is 114 Å². The summed E-state index contributed by atoms with van der Waals surface area (Å²) in [5, 5.41) is 3.20. The summed E-state index contributed by atoms with van der Waals surface area (Å²) < 4.78 is 2.07. The van der Waals surface area contributed by atoms with E-state index in [1.807, 2.05) is 19.4 Å². The van der Waals surface area contributed by atoms with Gasteiger partial charge in [-0.05, 0) is 30.7 Å². The number of rotatable bonds is 5. The second-order valence-corrected chi connectivity index (χ2v) is 5.01. The third kappa shape index (κ3) is 3.01. The lowest BCUT2D eigenvalue weighted by atomic mass is 10.1. The topological polar surface area (TPSA) is 42.7 Å². The van der Waals surface area contributed by atoms with Crippen LogP contribution in [0.25, 0.3) is 5.82 Å². The maximum absolute atomic E-state index is 4.76. The molecule has 0 aliphatic rings. The summed E-state index contributed by atoms with van der Waals surface area (Å²) in [5.74, 6) is 2.43. The number of aromatic nitrogens is 3. The molecule has 2 aromatic heterocycles. The summed E-state index contributed by atoms with van der Waals surface area (Å²) in [6, 6.07) is 4.30. The molecule has 0 saturated heterocycles.